The third kappa shape index (κ3) is 5.48. The molecule has 0 nitrogen and oxygen atoms in total. The molecule has 0 heteroatoms. The molecule has 8 heavy (non-hydrogen) atoms. The SMILES string of the molecule is [CH2]/C=C\CCCC=C. The minimum atomic E-state index is 1.12. The summed E-state index contributed by atoms with van der Waals surface area (Å²) in [4.78, 5) is 0. The molecule has 1 radical (unpaired) electrons. The van der Waals surface area contributed by atoms with Crippen molar-refractivity contribution in [3.8, 4) is 0 Å². The van der Waals surface area contributed by atoms with E-state index in [0.717, 1.165) is 12.8 Å². The zero-order valence-corrected chi connectivity index (χ0v) is 5.27. The summed E-state index contributed by atoms with van der Waals surface area (Å²) in [5, 5.41) is 0. The standard InChI is InChI=1S/C8H13/c1-3-5-7-8-6-4-2/h3-5H,1-2,6-8H2/b5-3-. The summed E-state index contributed by atoms with van der Waals surface area (Å²) >= 11 is 0. The van der Waals surface area contributed by atoms with Gasteiger partial charge >= 0.3 is 0 Å². The van der Waals surface area contributed by atoms with E-state index in [-0.39, 0.29) is 0 Å². The van der Waals surface area contributed by atoms with Crippen LogP contribution in [0.4, 0.5) is 0 Å². The van der Waals surface area contributed by atoms with Crippen molar-refractivity contribution >= 4 is 0 Å². The maximum atomic E-state index is 3.62. The first-order chi connectivity index (χ1) is 3.91. The van der Waals surface area contributed by atoms with Crippen LogP contribution in [0.1, 0.15) is 19.3 Å². The van der Waals surface area contributed by atoms with Crippen molar-refractivity contribution in [3.05, 3.63) is 31.7 Å². The highest BCUT2D eigenvalue weighted by atomic mass is 13.8. The van der Waals surface area contributed by atoms with E-state index in [9.17, 15) is 0 Å². The lowest BCUT2D eigenvalue weighted by Gasteiger charge is -1.85. The first-order valence-electron chi connectivity index (χ1n) is 2.97. The Morgan fingerprint density at radius 3 is 2.50 bits per heavy atom. The van der Waals surface area contributed by atoms with Gasteiger partial charge in [0.25, 0.3) is 0 Å². The Hall–Kier alpha value is -0.520. The maximum Gasteiger partial charge on any atom is -0.0316 e. The van der Waals surface area contributed by atoms with Crippen LogP contribution in [0.15, 0.2) is 24.8 Å². The van der Waals surface area contributed by atoms with Crippen LogP contribution in [0.25, 0.3) is 0 Å². The van der Waals surface area contributed by atoms with Gasteiger partial charge in [-0.3, -0.25) is 0 Å². The smallest absolute Gasteiger partial charge is 0.0316 e. The molecule has 0 aliphatic carbocycles. The van der Waals surface area contributed by atoms with E-state index in [2.05, 4.69) is 19.6 Å². The van der Waals surface area contributed by atoms with Gasteiger partial charge in [-0.25, -0.2) is 0 Å². The zero-order chi connectivity index (χ0) is 6.24. The molecule has 0 aromatic heterocycles. The van der Waals surface area contributed by atoms with Crippen LogP contribution < -0.4 is 0 Å². The van der Waals surface area contributed by atoms with Gasteiger partial charge in [-0.05, 0) is 26.2 Å². The number of hydrogen-bond acceptors (Lipinski definition) is 0. The summed E-state index contributed by atoms with van der Waals surface area (Å²) < 4.78 is 0. The molecule has 0 saturated carbocycles. The van der Waals surface area contributed by atoms with Crippen LogP contribution in [0.3, 0.4) is 0 Å². The molecular weight excluding hydrogens is 96.1 g/mol. The molecule has 0 amide bonds. The largest absolute Gasteiger partial charge is 0.103 e. The van der Waals surface area contributed by atoms with Gasteiger partial charge in [0.05, 0.1) is 0 Å². The first-order valence-corrected chi connectivity index (χ1v) is 2.97. The molecule has 45 valence electrons. The lowest BCUT2D eigenvalue weighted by molar-refractivity contribution is 0.870. The molecule has 0 N–H and O–H groups in total. The van der Waals surface area contributed by atoms with Crippen molar-refractivity contribution in [2.45, 2.75) is 19.3 Å². The average Bonchev–Trinajstić information content (AvgIpc) is 1.81. The molecule has 0 heterocycles. The van der Waals surface area contributed by atoms with Gasteiger partial charge in [-0.2, -0.15) is 0 Å². The van der Waals surface area contributed by atoms with Gasteiger partial charge in [-0.15, -0.1) is 6.58 Å². The monoisotopic (exact) mass is 109 g/mol. The van der Waals surface area contributed by atoms with Crippen molar-refractivity contribution in [3.63, 3.8) is 0 Å². The van der Waals surface area contributed by atoms with Crippen LogP contribution in [0, 0.1) is 6.92 Å². The second-order valence-corrected chi connectivity index (χ2v) is 1.69. The second kappa shape index (κ2) is 6.48. The van der Waals surface area contributed by atoms with Crippen molar-refractivity contribution < 1.29 is 0 Å². The molecule has 0 aliphatic heterocycles. The fraction of sp³-hybridized carbons (Fsp3) is 0.375. The third-order valence-corrected chi connectivity index (χ3v) is 0.946. The quantitative estimate of drug-likeness (QED) is 0.384. The molecule has 0 atom stereocenters. The number of rotatable bonds is 4. The van der Waals surface area contributed by atoms with Crippen molar-refractivity contribution in [2.75, 3.05) is 0 Å². The predicted octanol–water partition coefficient (Wildman–Crippen LogP) is 2.73. The number of hydrogen-bond donors (Lipinski definition) is 0. The van der Waals surface area contributed by atoms with Gasteiger partial charge in [0.2, 0.25) is 0 Å². The van der Waals surface area contributed by atoms with Crippen LogP contribution in [-0.2, 0) is 0 Å². The number of unbranched alkanes of at least 4 members (excludes halogenated alkanes) is 2. The van der Waals surface area contributed by atoms with Gasteiger partial charge < -0.3 is 0 Å². The van der Waals surface area contributed by atoms with E-state index in [4.69, 9.17) is 0 Å². The van der Waals surface area contributed by atoms with Crippen LogP contribution in [-0.4, -0.2) is 0 Å². The molecule has 0 fully saturated rings. The van der Waals surface area contributed by atoms with Gasteiger partial charge in [0.1, 0.15) is 0 Å². The molecule has 0 aromatic carbocycles. The lowest BCUT2D eigenvalue weighted by Crippen LogP contribution is -1.65. The number of allylic oxidation sites excluding steroid dienone is 3. The summed E-state index contributed by atoms with van der Waals surface area (Å²) in [6.45, 7) is 7.20. The summed E-state index contributed by atoms with van der Waals surface area (Å²) in [5.41, 5.74) is 0. The fourth-order valence-electron chi connectivity index (χ4n) is 0.498. The molecular formula is C8H13. The Kier molecular flexibility index (Phi) is 6.06. The Morgan fingerprint density at radius 1 is 1.25 bits per heavy atom. The average molecular weight is 109 g/mol. The highest BCUT2D eigenvalue weighted by Gasteiger charge is 1.75. The zero-order valence-electron chi connectivity index (χ0n) is 5.27. The van der Waals surface area contributed by atoms with Gasteiger partial charge in [0, 0.05) is 0 Å². The molecule has 0 unspecified atom stereocenters. The van der Waals surface area contributed by atoms with Crippen LogP contribution >= 0.6 is 0 Å². The minimum absolute atomic E-state index is 1.12. The molecule has 0 aromatic rings. The van der Waals surface area contributed by atoms with Crippen LogP contribution in [0.2, 0.25) is 0 Å². The van der Waals surface area contributed by atoms with E-state index in [1.807, 2.05) is 12.2 Å². The van der Waals surface area contributed by atoms with E-state index in [0.29, 0.717) is 0 Å². The molecule has 0 aliphatic rings. The predicted molar refractivity (Wildman–Crippen MR) is 38.5 cm³/mol. The lowest BCUT2D eigenvalue weighted by atomic mass is 10.2. The Labute approximate surface area is 51.9 Å². The highest BCUT2D eigenvalue weighted by Crippen LogP contribution is 1.95. The first kappa shape index (κ1) is 7.48. The second-order valence-electron chi connectivity index (χ2n) is 1.69. The van der Waals surface area contributed by atoms with Crippen LogP contribution in [0.5, 0.6) is 0 Å². The normalized spacial score (nSPS) is 10.1. The molecule has 0 bridgehead atoms. The Bertz CT molecular complexity index is 70.1. The van der Waals surface area contributed by atoms with Gasteiger partial charge in [-0.1, -0.05) is 18.2 Å². The Balaban J connectivity index is 2.82. The molecule has 0 rings (SSSR count). The van der Waals surface area contributed by atoms with E-state index in [1.165, 1.54) is 6.42 Å². The molecule has 0 spiro atoms. The van der Waals surface area contributed by atoms with Crippen molar-refractivity contribution in [1.82, 2.24) is 0 Å². The minimum Gasteiger partial charge on any atom is -0.103 e. The summed E-state index contributed by atoms with van der Waals surface area (Å²) in [6.07, 6.45) is 9.30. The van der Waals surface area contributed by atoms with E-state index >= 15 is 0 Å². The maximum absolute atomic E-state index is 3.62. The fourth-order valence-corrected chi connectivity index (χ4v) is 0.498. The Morgan fingerprint density at radius 2 is 2.00 bits per heavy atom. The third-order valence-electron chi connectivity index (χ3n) is 0.946. The topological polar surface area (TPSA) is 0 Å². The molecule has 0 saturated heterocycles. The van der Waals surface area contributed by atoms with Crippen molar-refractivity contribution in [1.29, 1.82) is 0 Å². The van der Waals surface area contributed by atoms with E-state index < -0.39 is 0 Å². The van der Waals surface area contributed by atoms with E-state index in [1.54, 1.807) is 0 Å². The summed E-state index contributed by atoms with van der Waals surface area (Å²) in [7, 11) is 0. The van der Waals surface area contributed by atoms with Gasteiger partial charge in [0.15, 0.2) is 0 Å². The summed E-state index contributed by atoms with van der Waals surface area (Å²) in [5.74, 6) is 0. The highest BCUT2D eigenvalue weighted by molar-refractivity contribution is 4.84. The van der Waals surface area contributed by atoms with Crippen molar-refractivity contribution in [2.24, 2.45) is 0 Å². The summed E-state index contributed by atoms with van der Waals surface area (Å²) in [6, 6.07) is 0.